The number of nitrogens with zero attached hydrogens (tertiary/aromatic N) is 1. The Balaban J connectivity index is 2.77. The van der Waals surface area contributed by atoms with Gasteiger partial charge < -0.3 is 11.1 Å². The summed E-state index contributed by atoms with van der Waals surface area (Å²) in [5, 5.41) is 3.14. The molecule has 0 fully saturated rings. The Bertz CT molecular complexity index is 409. The molecule has 1 aromatic rings. The molecule has 1 rings (SSSR count). The van der Waals surface area contributed by atoms with Gasteiger partial charge in [0.15, 0.2) is 0 Å². The highest BCUT2D eigenvalue weighted by Gasteiger charge is 2.06. The Labute approximate surface area is 95.3 Å². The van der Waals surface area contributed by atoms with Gasteiger partial charge in [-0.05, 0) is 18.6 Å². The predicted molar refractivity (Wildman–Crippen MR) is 63.9 cm³/mol. The highest BCUT2D eigenvalue weighted by molar-refractivity contribution is 5.91. The van der Waals surface area contributed by atoms with Crippen LogP contribution < -0.4 is 11.1 Å². The fourth-order valence-electron chi connectivity index (χ4n) is 1.34. The molecule has 0 aliphatic rings. The van der Waals surface area contributed by atoms with E-state index in [4.69, 9.17) is 12.2 Å². The van der Waals surface area contributed by atoms with Crippen LogP contribution in [0.1, 0.15) is 30.3 Å². The molecule has 0 saturated carbocycles. The van der Waals surface area contributed by atoms with Gasteiger partial charge in [-0.15, -0.1) is 6.42 Å². The first-order chi connectivity index (χ1) is 7.67. The van der Waals surface area contributed by atoms with Crippen molar-refractivity contribution in [2.45, 2.75) is 25.8 Å². The lowest BCUT2D eigenvalue weighted by atomic mass is 10.1. The van der Waals surface area contributed by atoms with E-state index in [1.807, 2.05) is 0 Å². The summed E-state index contributed by atoms with van der Waals surface area (Å²) in [6.07, 6.45) is 8.79. The van der Waals surface area contributed by atoms with E-state index in [2.05, 4.69) is 23.1 Å². The minimum atomic E-state index is -0.545. The molecule has 84 valence electrons. The highest BCUT2D eigenvalue weighted by atomic mass is 16.1. The monoisotopic (exact) mass is 217 g/mol. The van der Waals surface area contributed by atoms with E-state index in [9.17, 15) is 4.79 Å². The molecule has 0 bridgehead atoms. The van der Waals surface area contributed by atoms with Gasteiger partial charge in [0.25, 0.3) is 5.91 Å². The van der Waals surface area contributed by atoms with Crippen molar-refractivity contribution in [3.05, 3.63) is 24.0 Å². The number of carbonyl (C=O) groups excluding carboxylic acids is 1. The van der Waals surface area contributed by atoms with Crippen LogP contribution in [0.15, 0.2) is 18.3 Å². The zero-order valence-electron chi connectivity index (χ0n) is 9.23. The smallest absolute Gasteiger partial charge is 0.267 e. The molecule has 0 radical (unpaired) electrons. The molecule has 1 heterocycles. The van der Waals surface area contributed by atoms with E-state index in [1.54, 1.807) is 12.1 Å². The van der Waals surface area contributed by atoms with Gasteiger partial charge in [-0.25, -0.2) is 0 Å². The summed E-state index contributed by atoms with van der Waals surface area (Å²) in [5.74, 6) is 2.11. The van der Waals surface area contributed by atoms with Gasteiger partial charge in [0.05, 0.1) is 6.04 Å². The van der Waals surface area contributed by atoms with E-state index in [-0.39, 0.29) is 11.7 Å². The van der Waals surface area contributed by atoms with Crippen molar-refractivity contribution in [2.24, 2.45) is 5.73 Å². The number of pyridine rings is 1. The zero-order valence-corrected chi connectivity index (χ0v) is 9.23. The molecule has 1 unspecified atom stereocenters. The van der Waals surface area contributed by atoms with Gasteiger partial charge in [-0.2, -0.15) is 0 Å². The number of amides is 1. The number of rotatable bonds is 5. The zero-order chi connectivity index (χ0) is 12.0. The molecule has 1 atom stereocenters. The van der Waals surface area contributed by atoms with Crippen LogP contribution in [-0.2, 0) is 0 Å². The Hall–Kier alpha value is -2.02. The number of hydrogen-bond acceptors (Lipinski definition) is 3. The SMILES string of the molecule is C#CC(CCC)Nc1ccnc(C(N)=O)c1. The van der Waals surface area contributed by atoms with Crippen molar-refractivity contribution in [3.63, 3.8) is 0 Å². The predicted octanol–water partition coefficient (Wildman–Crippen LogP) is 1.39. The molecule has 0 aliphatic heterocycles. The Kier molecular flexibility index (Phi) is 4.34. The minimum absolute atomic E-state index is 0.0341. The van der Waals surface area contributed by atoms with Crippen molar-refractivity contribution in [1.29, 1.82) is 0 Å². The quantitative estimate of drug-likeness (QED) is 0.732. The van der Waals surface area contributed by atoms with Crippen molar-refractivity contribution in [1.82, 2.24) is 4.98 Å². The molecule has 4 heteroatoms. The fourth-order valence-corrected chi connectivity index (χ4v) is 1.34. The van der Waals surface area contributed by atoms with Crippen molar-refractivity contribution < 1.29 is 4.79 Å². The van der Waals surface area contributed by atoms with Crippen LogP contribution in [-0.4, -0.2) is 16.9 Å². The third-order valence-corrected chi connectivity index (χ3v) is 2.13. The molecule has 0 aromatic carbocycles. The number of carbonyl (C=O) groups is 1. The van der Waals surface area contributed by atoms with Gasteiger partial charge in [-0.3, -0.25) is 9.78 Å². The van der Waals surface area contributed by atoms with Crippen LogP contribution in [0.3, 0.4) is 0 Å². The van der Waals surface area contributed by atoms with Crippen LogP contribution in [0.4, 0.5) is 5.69 Å². The third kappa shape index (κ3) is 3.28. The number of hydrogen-bond donors (Lipinski definition) is 2. The fraction of sp³-hybridized carbons (Fsp3) is 0.333. The van der Waals surface area contributed by atoms with Gasteiger partial charge in [0.1, 0.15) is 5.69 Å². The van der Waals surface area contributed by atoms with Crippen molar-refractivity contribution in [3.8, 4) is 12.3 Å². The lowest BCUT2D eigenvalue weighted by Gasteiger charge is -2.13. The lowest BCUT2D eigenvalue weighted by molar-refractivity contribution is 0.0995. The molecule has 16 heavy (non-hydrogen) atoms. The number of aromatic nitrogens is 1. The van der Waals surface area contributed by atoms with E-state index < -0.39 is 5.91 Å². The molecule has 3 N–H and O–H groups in total. The molecular formula is C12H15N3O. The van der Waals surface area contributed by atoms with Gasteiger partial charge in [0.2, 0.25) is 0 Å². The maximum absolute atomic E-state index is 10.9. The molecule has 0 spiro atoms. The summed E-state index contributed by atoms with van der Waals surface area (Å²) >= 11 is 0. The van der Waals surface area contributed by atoms with Gasteiger partial charge in [-0.1, -0.05) is 19.3 Å². The maximum Gasteiger partial charge on any atom is 0.267 e. The molecule has 4 nitrogen and oxygen atoms in total. The van der Waals surface area contributed by atoms with E-state index in [1.165, 1.54) is 6.20 Å². The molecule has 0 saturated heterocycles. The second-order valence-electron chi connectivity index (χ2n) is 3.45. The van der Waals surface area contributed by atoms with Crippen molar-refractivity contribution in [2.75, 3.05) is 5.32 Å². The topological polar surface area (TPSA) is 68.0 Å². The van der Waals surface area contributed by atoms with Crippen LogP contribution in [0, 0.1) is 12.3 Å². The third-order valence-electron chi connectivity index (χ3n) is 2.13. The van der Waals surface area contributed by atoms with E-state index in [0.717, 1.165) is 18.5 Å². The molecule has 1 aromatic heterocycles. The number of terminal acetylenes is 1. The van der Waals surface area contributed by atoms with Crippen LogP contribution in [0.2, 0.25) is 0 Å². The molecule has 0 aliphatic carbocycles. The standard InChI is InChI=1S/C12H15N3O/c1-3-5-9(4-2)15-10-6-7-14-11(8-10)12(13)16/h2,6-9H,3,5H2,1H3,(H2,13,16)(H,14,15). The Morgan fingerprint density at radius 1 is 1.75 bits per heavy atom. The van der Waals surface area contributed by atoms with E-state index in [0.29, 0.717) is 0 Å². The first-order valence-corrected chi connectivity index (χ1v) is 5.16. The molecule has 1 amide bonds. The van der Waals surface area contributed by atoms with Crippen molar-refractivity contribution >= 4 is 11.6 Å². The lowest BCUT2D eigenvalue weighted by Crippen LogP contribution is -2.18. The normalized spacial score (nSPS) is 11.5. The molecular weight excluding hydrogens is 202 g/mol. The second kappa shape index (κ2) is 5.76. The number of nitrogens with two attached hydrogens (primary N) is 1. The second-order valence-corrected chi connectivity index (χ2v) is 3.45. The average molecular weight is 217 g/mol. The minimum Gasteiger partial charge on any atom is -0.371 e. The Morgan fingerprint density at radius 2 is 2.50 bits per heavy atom. The maximum atomic E-state index is 10.9. The summed E-state index contributed by atoms with van der Waals surface area (Å²) in [4.78, 5) is 14.8. The highest BCUT2D eigenvalue weighted by Crippen LogP contribution is 2.11. The number of anilines is 1. The van der Waals surface area contributed by atoms with Crippen LogP contribution in [0.5, 0.6) is 0 Å². The summed E-state index contributed by atoms with van der Waals surface area (Å²) < 4.78 is 0. The van der Waals surface area contributed by atoms with Gasteiger partial charge >= 0.3 is 0 Å². The first kappa shape index (κ1) is 12.1. The largest absolute Gasteiger partial charge is 0.371 e. The summed E-state index contributed by atoms with van der Waals surface area (Å²) in [7, 11) is 0. The first-order valence-electron chi connectivity index (χ1n) is 5.16. The van der Waals surface area contributed by atoms with E-state index >= 15 is 0 Å². The average Bonchev–Trinajstić information content (AvgIpc) is 2.29. The summed E-state index contributed by atoms with van der Waals surface area (Å²) in [6, 6.07) is 3.32. The van der Waals surface area contributed by atoms with Gasteiger partial charge in [0, 0.05) is 11.9 Å². The summed E-state index contributed by atoms with van der Waals surface area (Å²) in [6.45, 7) is 2.06. The number of primary amides is 1. The number of nitrogens with one attached hydrogen (secondary N) is 1. The van der Waals surface area contributed by atoms with Crippen LogP contribution in [0.25, 0.3) is 0 Å². The summed E-state index contributed by atoms with van der Waals surface area (Å²) in [5.41, 5.74) is 6.13. The van der Waals surface area contributed by atoms with Crippen LogP contribution >= 0.6 is 0 Å². The Morgan fingerprint density at radius 3 is 3.06 bits per heavy atom.